The van der Waals surface area contributed by atoms with Crippen molar-refractivity contribution in [3.8, 4) is 12.0 Å². The molecule has 0 aromatic carbocycles. The summed E-state index contributed by atoms with van der Waals surface area (Å²) in [6.45, 7) is 2.21. The molecule has 4 N–H and O–H groups in total. The van der Waals surface area contributed by atoms with Crippen molar-refractivity contribution >= 4 is 0 Å². The molecule has 0 saturated carbocycles. The van der Waals surface area contributed by atoms with Crippen LogP contribution in [0.15, 0.2) is 0 Å². The fourth-order valence-corrected chi connectivity index (χ4v) is 1.15. The molecule has 2 nitrogen and oxygen atoms in total. The highest BCUT2D eigenvalue weighted by Gasteiger charge is 1.96. The maximum absolute atomic E-state index is 5.65. The molecule has 1 unspecified atom stereocenters. The monoisotopic (exact) mass is 168 g/mol. The second-order valence-electron chi connectivity index (χ2n) is 3.10. The third-order valence-corrected chi connectivity index (χ3v) is 1.89. The highest BCUT2D eigenvalue weighted by atomic mass is 14.6. The molecule has 2 heteroatoms. The molecule has 0 aromatic rings. The average molecular weight is 168 g/mol. The first-order chi connectivity index (χ1) is 5.81. The molecule has 0 fully saturated rings. The maximum Gasteiger partial charge on any atom is 0.0682 e. The van der Waals surface area contributed by atoms with Gasteiger partial charge in [0.15, 0.2) is 0 Å². The molecular weight excluding hydrogens is 148 g/mol. The van der Waals surface area contributed by atoms with Gasteiger partial charge in [0.25, 0.3) is 0 Å². The van der Waals surface area contributed by atoms with Crippen LogP contribution in [0.5, 0.6) is 0 Å². The van der Waals surface area contributed by atoms with Crippen molar-refractivity contribution in [2.75, 3.05) is 0 Å². The Labute approximate surface area is 75.7 Å². The summed E-state index contributed by atoms with van der Waals surface area (Å²) in [5, 5.41) is 0. The summed E-state index contributed by atoms with van der Waals surface area (Å²) >= 11 is 0. The van der Waals surface area contributed by atoms with Gasteiger partial charge < -0.3 is 11.5 Å². The minimum atomic E-state index is -0.0170. The molecule has 0 aromatic heterocycles. The second-order valence-corrected chi connectivity index (χ2v) is 3.10. The van der Waals surface area contributed by atoms with E-state index in [1.54, 1.807) is 0 Å². The fourth-order valence-electron chi connectivity index (χ4n) is 1.15. The van der Waals surface area contributed by atoms with Gasteiger partial charge >= 0.3 is 0 Å². The Morgan fingerprint density at radius 1 is 1.17 bits per heavy atom. The fraction of sp³-hybridized carbons (Fsp3) is 0.800. The summed E-state index contributed by atoms with van der Waals surface area (Å²) in [6, 6.07) is 2.33. The Bertz CT molecular complexity index is 144. The van der Waals surface area contributed by atoms with Gasteiger partial charge in [-0.15, -0.1) is 0 Å². The summed E-state index contributed by atoms with van der Waals surface area (Å²) < 4.78 is 0. The van der Waals surface area contributed by atoms with Gasteiger partial charge in [-0.3, -0.25) is 0 Å². The number of hydrogen-bond acceptors (Lipinski definition) is 2. The van der Waals surface area contributed by atoms with Crippen LogP contribution in [-0.4, -0.2) is 6.04 Å². The van der Waals surface area contributed by atoms with Crippen LogP contribution in [0.2, 0.25) is 0 Å². The van der Waals surface area contributed by atoms with Gasteiger partial charge in [-0.25, -0.2) is 0 Å². The first kappa shape index (κ1) is 11.3. The highest BCUT2D eigenvalue weighted by molar-refractivity contribution is 5.02. The smallest absolute Gasteiger partial charge is 0.0682 e. The van der Waals surface area contributed by atoms with Crippen LogP contribution in [0.1, 0.15) is 45.4 Å². The highest BCUT2D eigenvalue weighted by Crippen LogP contribution is 2.05. The van der Waals surface area contributed by atoms with Gasteiger partial charge in [0, 0.05) is 6.04 Å². The van der Waals surface area contributed by atoms with Crippen LogP contribution >= 0.6 is 0 Å². The number of rotatable bonds is 6. The first-order valence-corrected chi connectivity index (χ1v) is 4.78. The van der Waals surface area contributed by atoms with Crippen molar-refractivity contribution in [2.24, 2.45) is 11.5 Å². The zero-order valence-electron chi connectivity index (χ0n) is 7.97. The van der Waals surface area contributed by atoms with E-state index in [0.717, 1.165) is 6.42 Å². The van der Waals surface area contributed by atoms with Crippen molar-refractivity contribution < 1.29 is 0 Å². The molecule has 0 radical (unpaired) electrons. The van der Waals surface area contributed by atoms with Crippen molar-refractivity contribution in [1.82, 2.24) is 0 Å². The van der Waals surface area contributed by atoms with E-state index in [4.69, 9.17) is 11.5 Å². The molecule has 1 atom stereocenters. The molecule has 0 rings (SSSR count). The third kappa shape index (κ3) is 7.43. The molecule has 70 valence electrons. The molecular formula is C10H20N2. The molecule has 0 aliphatic carbocycles. The lowest BCUT2D eigenvalue weighted by Gasteiger charge is -2.02. The molecule has 12 heavy (non-hydrogen) atoms. The Morgan fingerprint density at radius 2 is 1.83 bits per heavy atom. The molecule has 0 heterocycles. The van der Waals surface area contributed by atoms with E-state index in [9.17, 15) is 0 Å². The van der Waals surface area contributed by atoms with Gasteiger partial charge in [0.1, 0.15) is 0 Å². The summed E-state index contributed by atoms with van der Waals surface area (Å²) in [5.41, 5.74) is 10.7. The van der Waals surface area contributed by atoms with E-state index >= 15 is 0 Å². The quantitative estimate of drug-likeness (QED) is 0.359. The number of hydrogen-bond donors (Lipinski definition) is 2. The second kappa shape index (κ2) is 8.42. The first-order valence-electron chi connectivity index (χ1n) is 4.78. The third-order valence-electron chi connectivity index (χ3n) is 1.89. The van der Waals surface area contributed by atoms with Crippen molar-refractivity contribution in [1.29, 1.82) is 0 Å². The Kier molecular flexibility index (Phi) is 7.94. The zero-order chi connectivity index (χ0) is 9.23. The molecule has 0 aliphatic rings. The van der Waals surface area contributed by atoms with Crippen LogP contribution < -0.4 is 11.5 Å². The van der Waals surface area contributed by atoms with Gasteiger partial charge in [-0.1, -0.05) is 44.9 Å². The van der Waals surface area contributed by atoms with E-state index in [-0.39, 0.29) is 6.04 Å². The summed E-state index contributed by atoms with van der Waals surface area (Å²) in [4.78, 5) is 0. The van der Waals surface area contributed by atoms with E-state index in [0.29, 0.717) is 0 Å². The Morgan fingerprint density at radius 3 is 2.42 bits per heavy atom. The minimum Gasteiger partial charge on any atom is -0.359 e. The van der Waals surface area contributed by atoms with E-state index in [1.165, 1.54) is 32.1 Å². The predicted octanol–water partition coefficient (Wildman–Crippen LogP) is 1.59. The molecule has 0 saturated heterocycles. The Balaban J connectivity index is 3.12. The van der Waals surface area contributed by atoms with Crippen LogP contribution in [-0.2, 0) is 0 Å². The Hall–Kier alpha value is -0.680. The minimum absolute atomic E-state index is 0.0170. The summed E-state index contributed by atoms with van der Waals surface area (Å²) in [7, 11) is 0. The average Bonchev–Trinajstić information content (AvgIpc) is 2.05. The van der Waals surface area contributed by atoms with Crippen molar-refractivity contribution in [2.45, 2.75) is 51.5 Å². The van der Waals surface area contributed by atoms with Crippen LogP contribution in [0.4, 0.5) is 0 Å². The van der Waals surface area contributed by atoms with Crippen LogP contribution in [0.3, 0.4) is 0 Å². The lowest BCUT2D eigenvalue weighted by molar-refractivity contribution is 0.588. The van der Waals surface area contributed by atoms with E-state index in [1.807, 2.05) is 0 Å². The standard InChI is InChI=1S/C10H20N2/c1-2-3-4-5-6-7-10(12)8-9-11/h10H,2-7,11-12H2,1H3. The van der Waals surface area contributed by atoms with Gasteiger partial charge in [-0.05, 0) is 6.42 Å². The van der Waals surface area contributed by atoms with Crippen LogP contribution in [0.25, 0.3) is 0 Å². The lowest BCUT2D eigenvalue weighted by Crippen LogP contribution is -2.17. The maximum atomic E-state index is 5.65. The number of unbranched alkanes of at least 4 members (excludes halogenated alkanes) is 4. The van der Waals surface area contributed by atoms with Gasteiger partial charge in [-0.2, -0.15) is 0 Å². The van der Waals surface area contributed by atoms with Gasteiger partial charge in [0.05, 0.1) is 6.04 Å². The lowest BCUT2D eigenvalue weighted by atomic mass is 10.1. The predicted molar refractivity (Wildman–Crippen MR) is 53.3 cm³/mol. The summed E-state index contributed by atoms with van der Waals surface area (Å²) in [6.07, 6.45) is 7.36. The normalized spacial score (nSPS) is 11.8. The van der Waals surface area contributed by atoms with Gasteiger partial charge in [0.2, 0.25) is 0 Å². The number of nitrogens with two attached hydrogens (primary N) is 2. The largest absolute Gasteiger partial charge is 0.359 e. The molecule has 0 bridgehead atoms. The van der Waals surface area contributed by atoms with Crippen molar-refractivity contribution in [3.05, 3.63) is 0 Å². The topological polar surface area (TPSA) is 52.0 Å². The summed E-state index contributed by atoms with van der Waals surface area (Å²) in [5.74, 6) is 2.74. The SMILES string of the molecule is CCCCCCCC(N)C#CN. The van der Waals surface area contributed by atoms with E-state index < -0.39 is 0 Å². The zero-order valence-corrected chi connectivity index (χ0v) is 7.97. The van der Waals surface area contributed by atoms with E-state index in [2.05, 4.69) is 18.9 Å². The molecule has 0 aliphatic heterocycles. The van der Waals surface area contributed by atoms with Crippen LogP contribution in [0, 0.1) is 12.0 Å². The molecule has 0 spiro atoms. The van der Waals surface area contributed by atoms with Crippen molar-refractivity contribution in [3.63, 3.8) is 0 Å². The molecule has 0 amide bonds.